The summed E-state index contributed by atoms with van der Waals surface area (Å²) in [6.45, 7) is 5.88. The summed E-state index contributed by atoms with van der Waals surface area (Å²) in [4.78, 5) is 26.4. The van der Waals surface area contributed by atoms with Crippen LogP contribution in [0.1, 0.15) is 245 Å². The number of carbonyl (C=O) groups is 2. The maximum atomic E-state index is 13.2. The maximum absolute atomic E-state index is 13.2. The third kappa shape index (κ3) is 40.8. The summed E-state index contributed by atoms with van der Waals surface area (Å²) in [6.07, 6.45) is 54.5. The molecule has 5 heteroatoms. The summed E-state index contributed by atoms with van der Waals surface area (Å²) in [5.74, 6) is 0. The Morgan fingerprint density at radius 3 is 0.944 bits per heavy atom. The second-order valence-corrected chi connectivity index (χ2v) is 19.6. The number of allylic oxidation sites excluding steroid dienone is 4. The number of nitrogens with zero attached hydrogens (tertiary/aromatic N) is 1. The van der Waals surface area contributed by atoms with E-state index in [1.165, 1.54) is 193 Å². The molecule has 0 amide bonds. The fourth-order valence-corrected chi connectivity index (χ4v) is 8.83. The molecule has 0 aromatic carbocycles. The molecule has 0 fully saturated rings. The van der Waals surface area contributed by atoms with Crippen LogP contribution < -0.4 is 0 Å². The number of rotatable bonds is 44. The van der Waals surface area contributed by atoms with E-state index in [0.717, 1.165) is 36.7 Å². The van der Waals surface area contributed by atoms with Crippen molar-refractivity contribution in [2.45, 2.75) is 245 Å². The Morgan fingerprint density at radius 2 is 0.667 bits per heavy atom. The van der Waals surface area contributed by atoms with Crippen LogP contribution in [-0.4, -0.2) is 49.8 Å². The van der Waals surface area contributed by atoms with Crippen LogP contribution in [0.4, 0.5) is 0 Å². The van der Waals surface area contributed by atoms with Crippen LogP contribution >= 0.6 is 8.15 Å². The van der Waals surface area contributed by atoms with Crippen molar-refractivity contribution in [2.75, 3.05) is 34.3 Å². The summed E-state index contributed by atoms with van der Waals surface area (Å²) >= 11 is 0. The van der Waals surface area contributed by atoms with Gasteiger partial charge in [0.1, 0.15) is 0 Å². The first kappa shape index (κ1) is 53.2. The molecule has 0 unspecified atom stereocenters. The minimum atomic E-state index is -2.07. The fraction of sp³-hybridized carbons (Fsp3) is 0.878. The number of unbranched alkanes of at least 4 members (excludes halogenated alkanes) is 30. The van der Waals surface area contributed by atoms with E-state index in [4.69, 9.17) is 4.52 Å². The smallest absolute Gasteiger partial charge is 0.0885 e. The van der Waals surface area contributed by atoms with Gasteiger partial charge in [0.05, 0.1) is 0 Å². The van der Waals surface area contributed by atoms with Crippen LogP contribution in [0.2, 0.25) is 0 Å². The molecule has 0 aliphatic rings. The molecular weight excluding hydrogens is 682 g/mol. The zero-order valence-electron chi connectivity index (χ0n) is 37.4. The summed E-state index contributed by atoms with van der Waals surface area (Å²) in [5, 5.41) is 0. The van der Waals surface area contributed by atoms with Gasteiger partial charge in [-0.1, -0.05) is 102 Å². The predicted octanol–water partition coefficient (Wildman–Crippen LogP) is 16.1. The van der Waals surface area contributed by atoms with Crippen molar-refractivity contribution >= 4 is 19.2 Å². The van der Waals surface area contributed by atoms with Crippen LogP contribution in [0.15, 0.2) is 24.3 Å². The molecule has 0 atom stereocenters. The first-order valence-electron chi connectivity index (χ1n) is 24.0. The molecule has 320 valence electrons. The van der Waals surface area contributed by atoms with Gasteiger partial charge < -0.3 is 0 Å². The van der Waals surface area contributed by atoms with Crippen LogP contribution in [0.25, 0.3) is 0 Å². The molecule has 54 heavy (non-hydrogen) atoms. The van der Waals surface area contributed by atoms with E-state index in [2.05, 4.69) is 59.3 Å². The quantitative estimate of drug-likeness (QED) is 0.0268. The molecule has 0 spiro atoms. The molecule has 0 radical (unpaired) electrons. The average molecular weight is 778 g/mol. The van der Waals surface area contributed by atoms with E-state index in [1.807, 2.05) is 0 Å². The van der Waals surface area contributed by atoms with Crippen LogP contribution in [0.5, 0.6) is 0 Å². The topological polar surface area (TPSA) is 43.4 Å². The van der Waals surface area contributed by atoms with Gasteiger partial charge in [0.15, 0.2) is 0 Å². The molecular formula is C49H96NO3P. The molecule has 0 aromatic rings. The van der Waals surface area contributed by atoms with Gasteiger partial charge in [-0.3, -0.25) is 0 Å². The molecule has 0 N–H and O–H groups in total. The number of likely N-dealkylation sites (N-methyl/N-ethyl adjacent to an activating group) is 1. The molecule has 0 saturated carbocycles. The van der Waals surface area contributed by atoms with Crippen molar-refractivity contribution in [3.63, 3.8) is 0 Å². The summed E-state index contributed by atoms with van der Waals surface area (Å²) in [6, 6.07) is 0. The van der Waals surface area contributed by atoms with Gasteiger partial charge in [0.25, 0.3) is 0 Å². The van der Waals surface area contributed by atoms with E-state index in [-0.39, 0.29) is 11.0 Å². The second-order valence-electron chi connectivity index (χ2n) is 17.5. The van der Waals surface area contributed by atoms with Crippen molar-refractivity contribution in [3.8, 4) is 0 Å². The molecule has 0 rings (SSSR count). The van der Waals surface area contributed by atoms with E-state index < -0.39 is 8.15 Å². The number of hydrogen-bond acceptors (Lipinski definition) is 3. The van der Waals surface area contributed by atoms with Gasteiger partial charge in [-0.15, -0.1) is 0 Å². The van der Waals surface area contributed by atoms with Gasteiger partial charge in [-0.05, 0) is 25.7 Å². The van der Waals surface area contributed by atoms with Crippen molar-refractivity contribution < 1.29 is 18.6 Å². The molecule has 0 aliphatic carbocycles. The molecule has 4 nitrogen and oxygen atoms in total. The molecule has 0 aromatic heterocycles. The van der Waals surface area contributed by atoms with Crippen LogP contribution in [-0.2, 0) is 14.1 Å². The summed E-state index contributed by atoms with van der Waals surface area (Å²) < 4.78 is 6.88. The molecule has 0 bridgehead atoms. The van der Waals surface area contributed by atoms with Gasteiger partial charge in [0.2, 0.25) is 0 Å². The third-order valence-corrected chi connectivity index (χ3v) is 12.9. The van der Waals surface area contributed by atoms with Crippen LogP contribution in [0, 0.1) is 0 Å². The summed E-state index contributed by atoms with van der Waals surface area (Å²) in [5.41, 5.74) is 0.224. The summed E-state index contributed by atoms with van der Waals surface area (Å²) in [7, 11) is 4.33. The molecule has 0 heterocycles. The van der Waals surface area contributed by atoms with E-state index in [0.29, 0.717) is 19.4 Å². The van der Waals surface area contributed by atoms with Crippen molar-refractivity contribution in [3.05, 3.63) is 24.3 Å². The Balaban J connectivity index is 3.95. The van der Waals surface area contributed by atoms with Crippen molar-refractivity contribution in [2.24, 2.45) is 0 Å². The monoisotopic (exact) mass is 778 g/mol. The first-order chi connectivity index (χ1) is 26.3. The Hall–Kier alpha value is -0.830. The van der Waals surface area contributed by atoms with Gasteiger partial charge in [-0.25, -0.2) is 0 Å². The van der Waals surface area contributed by atoms with E-state index >= 15 is 0 Å². The Bertz CT molecular complexity index is 803. The van der Waals surface area contributed by atoms with E-state index in [1.54, 1.807) is 0 Å². The predicted molar refractivity (Wildman–Crippen MR) is 243 cm³/mol. The normalized spacial score (nSPS) is 13.1. The fourth-order valence-electron chi connectivity index (χ4n) is 7.09. The SMILES string of the molecule is CCCCCCCCC=CCCCCCCCCCCCC(=O)[PH-](OCC[N+](C)(C)C)C(=O)CCCCCCCCCCCC=CCCCCCCCC. The number of quaternary nitrogens is 1. The molecule has 0 aliphatic heterocycles. The number of carbonyl (C=O) groups excluding carboxylic acids is 2. The zero-order chi connectivity index (χ0) is 39.6. The Morgan fingerprint density at radius 1 is 0.407 bits per heavy atom. The minimum Gasteiger partial charge on any atom is -0.0885 e. The first-order valence-corrected chi connectivity index (χ1v) is 25.4. The Kier molecular flexibility index (Phi) is 41.2. The Labute approximate surface area is 340 Å². The third-order valence-electron chi connectivity index (χ3n) is 10.8. The van der Waals surface area contributed by atoms with Crippen molar-refractivity contribution in [1.29, 1.82) is 0 Å². The van der Waals surface area contributed by atoms with Crippen LogP contribution in [0.3, 0.4) is 0 Å². The minimum absolute atomic E-state index is 0.112. The standard InChI is InChI=1S/C49H96NO3P/c1-6-8-10-12-14-16-18-20-22-24-26-28-30-32-34-36-38-40-42-44-48(51)54(53-47-46-50(3,4)5)49(52)45-43-41-39-37-35-33-31-29-27-25-23-21-19-17-15-13-11-9-7-2/h20-23,54H,6-19,24-47H2,1-5H3. The van der Waals surface area contributed by atoms with Gasteiger partial charge in [-0.2, -0.15) is 0 Å². The average Bonchev–Trinajstić information content (AvgIpc) is 3.14. The van der Waals surface area contributed by atoms with Gasteiger partial charge >= 0.3 is 213 Å². The molecule has 0 saturated heterocycles. The second kappa shape index (κ2) is 41.8. The van der Waals surface area contributed by atoms with Crippen molar-refractivity contribution in [1.82, 2.24) is 0 Å². The zero-order valence-corrected chi connectivity index (χ0v) is 38.4. The van der Waals surface area contributed by atoms with E-state index in [9.17, 15) is 9.59 Å². The number of hydrogen-bond donors (Lipinski definition) is 0. The van der Waals surface area contributed by atoms with Gasteiger partial charge in [0, 0.05) is 0 Å².